The molecule has 0 aliphatic carbocycles. The van der Waals surface area contributed by atoms with Crippen molar-refractivity contribution in [2.45, 2.75) is 18.8 Å². The molecule has 1 fully saturated rings. The molecular weight excluding hydrogens is 286 g/mol. The lowest BCUT2D eigenvalue weighted by Crippen LogP contribution is -2.39. The van der Waals surface area contributed by atoms with Crippen LogP contribution in [0.3, 0.4) is 0 Å². The molecule has 1 saturated heterocycles. The van der Waals surface area contributed by atoms with Crippen molar-refractivity contribution in [3.05, 3.63) is 40.5 Å². The average Bonchev–Trinajstić information content (AvgIpc) is 3.09. The van der Waals surface area contributed by atoms with Gasteiger partial charge in [-0.25, -0.2) is 9.97 Å². The van der Waals surface area contributed by atoms with E-state index >= 15 is 0 Å². The number of aromatic nitrogens is 2. The molecule has 2 aromatic heterocycles. The SMILES string of the molecule is COc1ncccc1C(=O)N1CCC[C@H](c2nccs2)C1. The maximum Gasteiger partial charge on any atom is 0.259 e. The van der Waals surface area contributed by atoms with Crippen molar-refractivity contribution in [3.63, 3.8) is 0 Å². The molecule has 0 unspecified atom stereocenters. The van der Waals surface area contributed by atoms with Crippen LogP contribution in [0.4, 0.5) is 0 Å². The molecule has 0 radical (unpaired) electrons. The molecule has 1 aliphatic rings. The second-order valence-electron chi connectivity index (χ2n) is 5.02. The van der Waals surface area contributed by atoms with Gasteiger partial charge in [-0.1, -0.05) is 0 Å². The summed E-state index contributed by atoms with van der Waals surface area (Å²) in [7, 11) is 1.54. The van der Waals surface area contributed by atoms with Gasteiger partial charge in [-0.05, 0) is 25.0 Å². The number of methoxy groups -OCH3 is 1. The zero-order valence-corrected chi connectivity index (χ0v) is 12.7. The zero-order valence-electron chi connectivity index (χ0n) is 11.9. The van der Waals surface area contributed by atoms with Crippen molar-refractivity contribution in [1.29, 1.82) is 0 Å². The first-order chi connectivity index (χ1) is 10.3. The Hall–Kier alpha value is -1.95. The van der Waals surface area contributed by atoms with E-state index in [-0.39, 0.29) is 5.91 Å². The van der Waals surface area contributed by atoms with Gasteiger partial charge in [0.2, 0.25) is 5.88 Å². The second kappa shape index (κ2) is 6.22. The quantitative estimate of drug-likeness (QED) is 0.874. The number of hydrogen-bond acceptors (Lipinski definition) is 5. The van der Waals surface area contributed by atoms with Crippen LogP contribution < -0.4 is 4.74 Å². The maximum atomic E-state index is 12.7. The molecule has 1 aliphatic heterocycles. The third kappa shape index (κ3) is 2.90. The maximum absolute atomic E-state index is 12.7. The van der Waals surface area contributed by atoms with Gasteiger partial charge in [-0.3, -0.25) is 4.79 Å². The largest absolute Gasteiger partial charge is 0.480 e. The number of amides is 1. The van der Waals surface area contributed by atoms with Crippen molar-refractivity contribution >= 4 is 17.2 Å². The smallest absolute Gasteiger partial charge is 0.259 e. The van der Waals surface area contributed by atoms with Gasteiger partial charge in [0.05, 0.1) is 12.1 Å². The first-order valence-electron chi connectivity index (χ1n) is 6.97. The van der Waals surface area contributed by atoms with E-state index in [9.17, 15) is 4.79 Å². The summed E-state index contributed by atoms with van der Waals surface area (Å²) in [5.74, 6) is 0.713. The van der Waals surface area contributed by atoms with E-state index in [0.29, 0.717) is 23.9 Å². The van der Waals surface area contributed by atoms with Crippen LogP contribution in [0.2, 0.25) is 0 Å². The molecule has 0 N–H and O–H groups in total. The van der Waals surface area contributed by atoms with Gasteiger partial charge in [0.25, 0.3) is 5.91 Å². The van der Waals surface area contributed by atoms with E-state index in [0.717, 1.165) is 24.4 Å². The number of likely N-dealkylation sites (tertiary alicyclic amines) is 1. The number of rotatable bonds is 3. The van der Waals surface area contributed by atoms with E-state index in [1.54, 1.807) is 29.7 Å². The predicted molar refractivity (Wildman–Crippen MR) is 80.8 cm³/mol. The Morgan fingerprint density at radius 2 is 2.33 bits per heavy atom. The Labute approximate surface area is 127 Å². The number of thiazole rings is 1. The van der Waals surface area contributed by atoms with Gasteiger partial charge in [0.1, 0.15) is 5.56 Å². The second-order valence-corrected chi connectivity index (χ2v) is 5.95. The van der Waals surface area contributed by atoms with Crippen molar-refractivity contribution in [3.8, 4) is 5.88 Å². The highest BCUT2D eigenvalue weighted by molar-refractivity contribution is 7.09. The van der Waals surface area contributed by atoms with Crippen molar-refractivity contribution in [1.82, 2.24) is 14.9 Å². The fourth-order valence-corrected chi connectivity index (χ4v) is 3.45. The molecule has 0 spiro atoms. The third-order valence-corrected chi connectivity index (χ3v) is 4.64. The van der Waals surface area contributed by atoms with Gasteiger partial charge in [0, 0.05) is 36.8 Å². The molecule has 1 atom stereocenters. The summed E-state index contributed by atoms with van der Waals surface area (Å²) in [6.07, 6.45) is 5.54. The van der Waals surface area contributed by atoms with Gasteiger partial charge in [0.15, 0.2) is 0 Å². The number of pyridine rings is 1. The molecule has 21 heavy (non-hydrogen) atoms. The summed E-state index contributed by atoms with van der Waals surface area (Å²) in [6.45, 7) is 1.49. The summed E-state index contributed by atoms with van der Waals surface area (Å²) in [5, 5.41) is 3.10. The van der Waals surface area contributed by atoms with Gasteiger partial charge < -0.3 is 9.64 Å². The molecule has 3 heterocycles. The molecular formula is C15H17N3O2S. The Bertz CT molecular complexity index is 615. The molecule has 0 saturated carbocycles. The lowest BCUT2D eigenvalue weighted by molar-refractivity contribution is 0.0703. The Kier molecular flexibility index (Phi) is 4.15. The van der Waals surface area contributed by atoms with Crippen LogP contribution in [0.25, 0.3) is 0 Å². The molecule has 3 rings (SSSR count). The number of ether oxygens (including phenoxy) is 1. The molecule has 1 amide bonds. The Morgan fingerprint density at radius 1 is 1.43 bits per heavy atom. The standard InChI is InChI=1S/C15H17N3O2S/c1-20-13-12(5-2-6-16-13)15(19)18-8-3-4-11(10-18)14-17-7-9-21-14/h2,5-7,9,11H,3-4,8,10H2,1H3/t11-/m0/s1. The van der Waals surface area contributed by atoms with Crippen LogP contribution >= 0.6 is 11.3 Å². The van der Waals surface area contributed by atoms with Crippen LogP contribution in [0.5, 0.6) is 5.88 Å². The van der Waals surface area contributed by atoms with Crippen LogP contribution in [-0.2, 0) is 0 Å². The molecule has 110 valence electrons. The number of carbonyl (C=O) groups is 1. The summed E-state index contributed by atoms with van der Waals surface area (Å²) < 4.78 is 5.19. The normalized spacial score (nSPS) is 18.5. The highest BCUT2D eigenvalue weighted by Gasteiger charge is 2.28. The highest BCUT2D eigenvalue weighted by atomic mass is 32.1. The van der Waals surface area contributed by atoms with Crippen LogP contribution in [0.15, 0.2) is 29.9 Å². The summed E-state index contributed by atoms with van der Waals surface area (Å²) in [5.41, 5.74) is 0.528. The molecule has 0 bridgehead atoms. The number of carbonyl (C=O) groups excluding carboxylic acids is 1. The van der Waals surface area contributed by atoms with Crippen LogP contribution in [-0.4, -0.2) is 41.0 Å². The monoisotopic (exact) mass is 303 g/mol. The summed E-state index contributed by atoms with van der Waals surface area (Å²) in [6, 6.07) is 3.53. The minimum absolute atomic E-state index is 0.0128. The van der Waals surface area contributed by atoms with Crippen LogP contribution in [0.1, 0.15) is 34.1 Å². The molecule has 0 aromatic carbocycles. The van der Waals surface area contributed by atoms with Gasteiger partial charge in [-0.15, -0.1) is 11.3 Å². The third-order valence-electron chi connectivity index (χ3n) is 3.70. The summed E-state index contributed by atoms with van der Waals surface area (Å²) >= 11 is 1.66. The average molecular weight is 303 g/mol. The molecule has 2 aromatic rings. The van der Waals surface area contributed by atoms with E-state index < -0.39 is 0 Å². The zero-order chi connectivity index (χ0) is 14.7. The van der Waals surface area contributed by atoms with Gasteiger partial charge >= 0.3 is 0 Å². The molecule has 6 heteroatoms. The topological polar surface area (TPSA) is 55.3 Å². The fourth-order valence-electron chi connectivity index (χ4n) is 2.69. The van der Waals surface area contributed by atoms with E-state index in [1.165, 1.54) is 7.11 Å². The Morgan fingerprint density at radius 3 is 3.10 bits per heavy atom. The molecule has 5 nitrogen and oxygen atoms in total. The van der Waals surface area contributed by atoms with Gasteiger partial charge in [-0.2, -0.15) is 0 Å². The lowest BCUT2D eigenvalue weighted by atomic mass is 9.98. The number of piperidine rings is 1. The lowest BCUT2D eigenvalue weighted by Gasteiger charge is -2.32. The fraction of sp³-hybridized carbons (Fsp3) is 0.400. The minimum Gasteiger partial charge on any atom is -0.480 e. The highest BCUT2D eigenvalue weighted by Crippen LogP contribution is 2.29. The number of nitrogens with zero attached hydrogens (tertiary/aromatic N) is 3. The minimum atomic E-state index is -0.0128. The predicted octanol–water partition coefficient (Wildman–Crippen LogP) is 2.57. The first-order valence-corrected chi connectivity index (χ1v) is 7.85. The first kappa shape index (κ1) is 14.0. The van der Waals surface area contributed by atoms with Crippen LogP contribution in [0, 0.1) is 0 Å². The van der Waals surface area contributed by atoms with E-state index in [2.05, 4.69) is 9.97 Å². The van der Waals surface area contributed by atoms with Crippen molar-refractivity contribution in [2.24, 2.45) is 0 Å². The summed E-state index contributed by atoms with van der Waals surface area (Å²) in [4.78, 5) is 23.1. The van der Waals surface area contributed by atoms with E-state index in [1.807, 2.05) is 16.5 Å². The van der Waals surface area contributed by atoms with E-state index in [4.69, 9.17) is 4.74 Å². The number of hydrogen-bond donors (Lipinski definition) is 0. The van der Waals surface area contributed by atoms with Crippen molar-refractivity contribution in [2.75, 3.05) is 20.2 Å². The Balaban J connectivity index is 1.78. The van der Waals surface area contributed by atoms with Crippen molar-refractivity contribution < 1.29 is 9.53 Å².